The fourth-order valence-corrected chi connectivity index (χ4v) is 4.91. The summed E-state index contributed by atoms with van der Waals surface area (Å²) >= 11 is 5.29. The van der Waals surface area contributed by atoms with E-state index in [1.165, 1.54) is 24.7 Å². The molecule has 0 bridgehead atoms. The first-order chi connectivity index (χ1) is 16.7. The molecule has 0 saturated carbocycles. The van der Waals surface area contributed by atoms with E-state index in [1.54, 1.807) is 18.2 Å². The zero-order valence-electron chi connectivity index (χ0n) is 18.5. The Hall–Kier alpha value is -3.67. The van der Waals surface area contributed by atoms with Crippen LogP contribution in [-0.2, 0) is 26.4 Å². The number of Topliss-reactive ketones (excluding diaryl/α,β-unsaturated/α-hetero) is 1. The van der Waals surface area contributed by atoms with Crippen LogP contribution in [0, 0.1) is 4.77 Å². The van der Waals surface area contributed by atoms with E-state index in [1.807, 2.05) is 0 Å². The first-order valence-corrected chi connectivity index (χ1v) is 10.9. The van der Waals surface area contributed by atoms with E-state index >= 15 is 0 Å². The highest BCUT2D eigenvalue weighted by molar-refractivity contribution is 7.71. The minimum absolute atomic E-state index is 0.0104. The maximum absolute atomic E-state index is 13.7. The second-order valence-corrected chi connectivity index (χ2v) is 8.89. The number of carbonyl (C=O) groups is 1. The molecule has 0 radical (unpaired) electrons. The molecule has 1 atom stereocenters. The smallest absolute Gasteiger partial charge is 0.340 e. The molecule has 36 heavy (non-hydrogen) atoms. The highest BCUT2D eigenvalue weighted by Gasteiger charge is 2.44. The number of benzene rings is 2. The Labute approximate surface area is 204 Å². The van der Waals surface area contributed by atoms with Crippen LogP contribution in [0.3, 0.4) is 0 Å². The van der Waals surface area contributed by atoms with Crippen molar-refractivity contribution in [3.05, 3.63) is 96.5 Å². The summed E-state index contributed by atoms with van der Waals surface area (Å²) in [6.45, 7) is 0. The number of allylic oxidation sites excluding steroid dienone is 1. The number of aromatic nitrogens is 2. The number of nitrogens with zero attached hydrogens (tertiary/aromatic N) is 2. The van der Waals surface area contributed by atoms with Crippen LogP contribution in [-0.4, -0.2) is 14.9 Å². The Balaban J connectivity index is 1.91. The van der Waals surface area contributed by atoms with E-state index < -0.39 is 46.3 Å². The minimum atomic E-state index is -5.11. The third kappa shape index (κ3) is 3.42. The van der Waals surface area contributed by atoms with Gasteiger partial charge in [0.25, 0.3) is 5.56 Å². The van der Waals surface area contributed by atoms with E-state index in [2.05, 4.69) is 5.32 Å². The number of hydrogen-bond donors (Lipinski definition) is 1. The maximum atomic E-state index is 13.7. The zero-order valence-corrected chi connectivity index (χ0v) is 19.3. The summed E-state index contributed by atoms with van der Waals surface area (Å²) in [5.41, 5.74) is -3.76. The van der Waals surface area contributed by atoms with Gasteiger partial charge in [-0.2, -0.15) is 26.3 Å². The summed E-state index contributed by atoms with van der Waals surface area (Å²) in [5, 5.41) is 3.01. The fourth-order valence-electron chi connectivity index (χ4n) is 4.74. The fraction of sp³-hybridized carbons (Fsp3) is 0.208. The normalized spacial score (nSPS) is 17.0. The van der Waals surface area contributed by atoms with Crippen LogP contribution in [0.5, 0.6) is 0 Å². The number of alkyl halides is 6. The van der Waals surface area contributed by atoms with Gasteiger partial charge in [-0.05, 0) is 36.0 Å². The average molecular weight is 523 g/mol. The van der Waals surface area contributed by atoms with Crippen LogP contribution >= 0.6 is 12.2 Å². The predicted molar refractivity (Wildman–Crippen MR) is 121 cm³/mol. The van der Waals surface area contributed by atoms with Gasteiger partial charge in [0.15, 0.2) is 10.6 Å². The lowest BCUT2D eigenvalue weighted by Crippen LogP contribution is -2.34. The summed E-state index contributed by atoms with van der Waals surface area (Å²) in [7, 11) is 2.84. The molecule has 5 nitrogen and oxygen atoms in total. The van der Waals surface area contributed by atoms with Gasteiger partial charge < -0.3 is 9.88 Å². The molecule has 2 aliphatic rings. The van der Waals surface area contributed by atoms with Crippen molar-refractivity contribution in [1.82, 2.24) is 9.13 Å². The van der Waals surface area contributed by atoms with Crippen molar-refractivity contribution in [3.63, 3.8) is 0 Å². The van der Waals surface area contributed by atoms with Crippen molar-refractivity contribution >= 4 is 29.5 Å². The topological polar surface area (TPSA) is 56.0 Å². The Bertz CT molecular complexity index is 1600. The molecule has 1 unspecified atom stereocenters. The summed E-state index contributed by atoms with van der Waals surface area (Å²) in [5.74, 6) is -2.02. The van der Waals surface area contributed by atoms with Crippen LogP contribution in [0.4, 0.5) is 32.2 Å². The minimum Gasteiger partial charge on any atom is -0.340 e. The lowest BCUT2D eigenvalue weighted by Gasteiger charge is -2.31. The van der Waals surface area contributed by atoms with Crippen molar-refractivity contribution in [2.45, 2.75) is 18.3 Å². The lowest BCUT2D eigenvalue weighted by atomic mass is 9.80. The van der Waals surface area contributed by atoms with Gasteiger partial charge in [0.2, 0.25) is 0 Å². The van der Waals surface area contributed by atoms with Crippen LogP contribution in [0.1, 0.15) is 44.1 Å². The molecule has 2 aromatic carbocycles. The second kappa shape index (κ2) is 7.66. The Morgan fingerprint density at radius 3 is 1.97 bits per heavy atom. The van der Waals surface area contributed by atoms with Gasteiger partial charge in [-0.25, -0.2) is 0 Å². The van der Waals surface area contributed by atoms with Crippen LogP contribution < -0.4 is 10.9 Å². The number of ketones is 1. The summed E-state index contributed by atoms with van der Waals surface area (Å²) in [6.07, 6.45) is -10.2. The Kier molecular flexibility index (Phi) is 5.12. The molecule has 0 fully saturated rings. The molecule has 0 amide bonds. The van der Waals surface area contributed by atoms with Crippen molar-refractivity contribution in [3.8, 4) is 0 Å². The highest BCUT2D eigenvalue weighted by atomic mass is 32.1. The zero-order chi connectivity index (χ0) is 26.3. The average Bonchev–Trinajstić information content (AvgIpc) is 3.10. The van der Waals surface area contributed by atoms with Gasteiger partial charge >= 0.3 is 12.4 Å². The van der Waals surface area contributed by atoms with Gasteiger partial charge in [0.05, 0.1) is 22.4 Å². The summed E-state index contributed by atoms with van der Waals surface area (Å²) < 4.78 is 84.6. The molecule has 3 aromatic rings. The molecule has 1 aromatic heterocycles. The Morgan fingerprint density at radius 2 is 1.42 bits per heavy atom. The summed E-state index contributed by atoms with van der Waals surface area (Å²) in [6, 6.07) is 7.45. The Morgan fingerprint density at radius 1 is 0.861 bits per heavy atom. The molecule has 1 N–H and O–H groups in total. The number of carbonyl (C=O) groups excluding carboxylic acids is 1. The van der Waals surface area contributed by atoms with Gasteiger partial charge in [0, 0.05) is 36.7 Å². The van der Waals surface area contributed by atoms with E-state index in [0.29, 0.717) is 17.7 Å². The molecule has 0 saturated heterocycles. The predicted octanol–water partition coefficient (Wildman–Crippen LogP) is 5.66. The third-order valence-electron chi connectivity index (χ3n) is 6.42. The number of fused-ring (bicyclic) bond motifs is 3. The molecule has 1 aliphatic carbocycles. The maximum Gasteiger partial charge on any atom is 0.416 e. The van der Waals surface area contributed by atoms with Crippen LogP contribution in [0.15, 0.2) is 52.8 Å². The quantitative estimate of drug-likeness (QED) is 0.331. The lowest BCUT2D eigenvalue weighted by molar-refractivity contribution is -0.143. The van der Waals surface area contributed by atoms with E-state index in [-0.39, 0.29) is 39.1 Å². The van der Waals surface area contributed by atoms with Crippen molar-refractivity contribution < 1.29 is 31.1 Å². The van der Waals surface area contributed by atoms with Crippen molar-refractivity contribution in [1.29, 1.82) is 0 Å². The monoisotopic (exact) mass is 523 g/mol. The number of halogens is 6. The van der Waals surface area contributed by atoms with Crippen LogP contribution in [0.2, 0.25) is 0 Å². The first-order valence-electron chi connectivity index (χ1n) is 10.5. The third-order valence-corrected chi connectivity index (χ3v) is 6.97. The molecule has 2 heterocycles. The van der Waals surface area contributed by atoms with Crippen molar-refractivity contribution in [2.75, 3.05) is 5.32 Å². The van der Waals surface area contributed by atoms with Crippen LogP contribution in [0.25, 0.3) is 5.70 Å². The first kappa shape index (κ1) is 24.0. The molecule has 1 aliphatic heterocycles. The van der Waals surface area contributed by atoms with Gasteiger partial charge in [-0.3, -0.25) is 14.2 Å². The molecule has 186 valence electrons. The van der Waals surface area contributed by atoms with E-state index in [9.17, 15) is 35.9 Å². The number of hydrogen-bond acceptors (Lipinski definition) is 4. The van der Waals surface area contributed by atoms with E-state index in [4.69, 9.17) is 12.2 Å². The molecular formula is C24H15F6N3O2S. The number of nitrogens with one attached hydrogen (secondary N) is 1. The van der Waals surface area contributed by atoms with Crippen molar-refractivity contribution in [2.24, 2.45) is 14.1 Å². The SMILES string of the molecule is Cn1c2c(c(=O)n(C)c1=S)C(c1cc(C(F)(F)F)cc(C(F)(F)F)c1)C1=C(N2)c2ccccc2C1=O. The highest BCUT2D eigenvalue weighted by Crippen LogP contribution is 2.49. The van der Waals surface area contributed by atoms with Gasteiger partial charge in [-0.1, -0.05) is 24.3 Å². The molecular weight excluding hydrogens is 508 g/mol. The molecule has 12 heteroatoms. The largest absolute Gasteiger partial charge is 0.416 e. The van der Waals surface area contributed by atoms with Gasteiger partial charge in [0.1, 0.15) is 5.82 Å². The number of anilines is 1. The van der Waals surface area contributed by atoms with Gasteiger partial charge in [-0.15, -0.1) is 0 Å². The molecule has 0 spiro atoms. The second-order valence-electron chi connectivity index (χ2n) is 8.53. The standard InChI is InChI=1S/C24H15F6N3O2S/c1-32-20-17(21(35)33(2)22(32)36)15(16-18(31-20)13-5-3-4-6-14(13)19(16)34)10-7-11(23(25,26)27)9-12(8-10)24(28,29)30/h3-9,15,31H,1-2H3. The molecule has 5 rings (SSSR count). The number of rotatable bonds is 1. The summed E-state index contributed by atoms with van der Waals surface area (Å²) in [4.78, 5) is 26.8. The van der Waals surface area contributed by atoms with E-state index in [0.717, 1.165) is 4.57 Å².